The van der Waals surface area contributed by atoms with Gasteiger partial charge in [-0.15, -0.1) is 24.0 Å². The standard InChI is InChI=1S/C18H24N4O.HI/c1-14-12-15(7-8-17(14)23-3)13-22-18(19-2)21-11-9-16-6-4-5-10-20-16;/h4-8,10,12H,9,11,13H2,1-3H3,(H2,19,21,22);1H. The van der Waals surface area contributed by atoms with Gasteiger partial charge in [-0.1, -0.05) is 18.2 Å². The minimum absolute atomic E-state index is 0. The van der Waals surface area contributed by atoms with Crippen molar-refractivity contribution in [2.45, 2.75) is 19.9 Å². The summed E-state index contributed by atoms with van der Waals surface area (Å²) in [6, 6.07) is 12.1. The van der Waals surface area contributed by atoms with E-state index < -0.39 is 0 Å². The summed E-state index contributed by atoms with van der Waals surface area (Å²) in [6.07, 6.45) is 2.68. The Morgan fingerprint density at radius 2 is 2.04 bits per heavy atom. The van der Waals surface area contributed by atoms with Crippen LogP contribution in [0.15, 0.2) is 47.6 Å². The number of nitrogens with zero attached hydrogens (tertiary/aromatic N) is 2. The fourth-order valence-corrected chi connectivity index (χ4v) is 2.31. The molecule has 1 aromatic heterocycles. The Morgan fingerprint density at radius 3 is 2.67 bits per heavy atom. The number of nitrogens with one attached hydrogen (secondary N) is 2. The molecule has 0 saturated carbocycles. The van der Waals surface area contributed by atoms with E-state index in [1.54, 1.807) is 14.2 Å². The van der Waals surface area contributed by atoms with Crippen LogP contribution < -0.4 is 15.4 Å². The molecule has 0 saturated heterocycles. The largest absolute Gasteiger partial charge is 0.496 e. The van der Waals surface area contributed by atoms with Crippen LogP contribution in [0.25, 0.3) is 0 Å². The molecule has 1 heterocycles. The number of hydrogen-bond acceptors (Lipinski definition) is 3. The summed E-state index contributed by atoms with van der Waals surface area (Å²) in [5.41, 5.74) is 3.39. The topological polar surface area (TPSA) is 58.5 Å². The first-order chi connectivity index (χ1) is 11.2. The third-order valence-corrected chi connectivity index (χ3v) is 3.54. The number of guanidine groups is 1. The number of halogens is 1. The first-order valence-corrected chi connectivity index (χ1v) is 7.71. The maximum atomic E-state index is 5.28. The summed E-state index contributed by atoms with van der Waals surface area (Å²) in [5.74, 6) is 1.70. The van der Waals surface area contributed by atoms with E-state index in [-0.39, 0.29) is 24.0 Å². The SMILES string of the molecule is CN=C(NCCc1ccccn1)NCc1ccc(OC)c(C)c1.I. The summed E-state index contributed by atoms with van der Waals surface area (Å²) >= 11 is 0. The van der Waals surface area contributed by atoms with Crippen molar-refractivity contribution in [2.75, 3.05) is 20.7 Å². The summed E-state index contributed by atoms with van der Waals surface area (Å²) in [6.45, 7) is 3.55. The van der Waals surface area contributed by atoms with E-state index in [1.165, 1.54) is 5.56 Å². The Bertz CT molecular complexity index is 647. The molecule has 2 rings (SSSR count). The molecule has 0 aliphatic rings. The lowest BCUT2D eigenvalue weighted by atomic mass is 10.1. The van der Waals surface area contributed by atoms with Crippen LogP contribution in [-0.4, -0.2) is 31.6 Å². The van der Waals surface area contributed by atoms with Gasteiger partial charge in [-0.3, -0.25) is 9.98 Å². The highest BCUT2D eigenvalue weighted by Gasteiger charge is 2.02. The van der Waals surface area contributed by atoms with Crippen molar-refractivity contribution in [2.24, 2.45) is 4.99 Å². The van der Waals surface area contributed by atoms with Crippen molar-refractivity contribution >= 4 is 29.9 Å². The second kappa shape index (κ2) is 10.9. The number of benzene rings is 1. The smallest absolute Gasteiger partial charge is 0.191 e. The molecule has 0 atom stereocenters. The van der Waals surface area contributed by atoms with Crippen LogP contribution in [0, 0.1) is 6.92 Å². The highest BCUT2D eigenvalue weighted by Crippen LogP contribution is 2.18. The Labute approximate surface area is 161 Å². The van der Waals surface area contributed by atoms with Crippen molar-refractivity contribution < 1.29 is 4.74 Å². The third-order valence-electron chi connectivity index (χ3n) is 3.54. The van der Waals surface area contributed by atoms with Gasteiger partial charge in [-0.05, 0) is 36.2 Å². The average molecular weight is 440 g/mol. The molecule has 0 spiro atoms. The maximum Gasteiger partial charge on any atom is 0.191 e. The van der Waals surface area contributed by atoms with Gasteiger partial charge < -0.3 is 15.4 Å². The molecule has 0 amide bonds. The second-order valence-electron chi connectivity index (χ2n) is 5.23. The van der Waals surface area contributed by atoms with Crippen LogP contribution in [0.3, 0.4) is 0 Å². The number of rotatable bonds is 6. The molecule has 0 radical (unpaired) electrons. The molecule has 0 unspecified atom stereocenters. The lowest BCUT2D eigenvalue weighted by Crippen LogP contribution is -2.37. The zero-order valence-corrected chi connectivity index (χ0v) is 16.7. The molecule has 0 bridgehead atoms. The van der Waals surface area contributed by atoms with Crippen LogP contribution in [0.1, 0.15) is 16.8 Å². The van der Waals surface area contributed by atoms with E-state index in [0.29, 0.717) is 6.54 Å². The predicted octanol–water partition coefficient (Wildman–Crippen LogP) is 2.92. The Morgan fingerprint density at radius 1 is 1.21 bits per heavy atom. The second-order valence-corrected chi connectivity index (χ2v) is 5.23. The molecule has 0 fully saturated rings. The number of methoxy groups -OCH3 is 1. The Kier molecular flexibility index (Phi) is 9.14. The van der Waals surface area contributed by atoms with Gasteiger partial charge in [0.2, 0.25) is 0 Å². The van der Waals surface area contributed by atoms with E-state index in [4.69, 9.17) is 4.74 Å². The van der Waals surface area contributed by atoms with Gasteiger partial charge in [0.05, 0.1) is 7.11 Å². The fourth-order valence-electron chi connectivity index (χ4n) is 2.31. The minimum Gasteiger partial charge on any atom is -0.496 e. The number of pyridine rings is 1. The summed E-state index contributed by atoms with van der Waals surface area (Å²) in [4.78, 5) is 8.55. The van der Waals surface area contributed by atoms with Gasteiger partial charge in [-0.2, -0.15) is 0 Å². The first-order valence-electron chi connectivity index (χ1n) is 7.71. The van der Waals surface area contributed by atoms with Gasteiger partial charge in [0.1, 0.15) is 5.75 Å². The molecule has 5 nitrogen and oxygen atoms in total. The van der Waals surface area contributed by atoms with Crippen LogP contribution in [-0.2, 0) is 13.0 Å². The highest BCUT2D eigenvalue weighted by molar-refractivity contribution is 14.0. The van der Waals surface area contributed by atoms with E-state index in [9.17, 15) is 0 Å². The van der Waals surface area contributed by atoms with Crippen molar-refractivity contribution in [1.82, 2.24) is 15.6 Å². The van der Waals surface area contributed by atoms with Crippen molar-refractivity contribution in [3.8, 4) is 5.75 Å². The van der Waals surface area contributed by atoms with Crippen LogP contribution in [0.4, 0.5) is 0 Å². The lowest BCUT2D eigenvalue weighted by molar-refractivity contribution is 0.411. The number of ether oxygens (including phenoxy) is 1. The zero-order valence-electron chi connectivity index (χ0n) is 14.4. The lowest BCUT2D eigenvalue weighted by Gasteiger charge is -2.13. The van der Waals surface area contributed by atoms with Gasteiger partial charge in [0.25, 0.3) is 0 Å². The van der Waals surface area contributed by atoms with Gasteiger partial charge in [-0.25, -0.2) is 0 Å². The van der Waals surface area contributed by atoms with E-state index in [2.05, 4.69) is 32.7 Å². The monoisotopic (exact) mass is 440 g/mol. The molecule has 6 heteroatoms. The van der Waals surface area contributed by atoms with Gasteiger partial charge >= 0.3 is 0 Å². The molecule has 130 valence electrons. The number of aryl methyl sites for hydroxylation is 1. The molecule has 0 aliphatic heterocycles. The fraction of sp³-hybridized carbons (Fsp3) is 0.333. The van der Waals surface area contributed by atoms with E-state index in [1.807, 2.05) is 37.4 Å². The van der Waals surface area contributed by atoms with E-state index in [0.717, 1.165) is 35.9 Å². The first kappa shape index (κ1) is 20.2. The number of hydrogen-bond donors (Lipinski definition) is 2. The van der Waals surface area contributed by atoms with Gasteiger partial charge in [0, 0.05) is 38.4 Å². The number of aliphatic imine (C=N–C) groups is 1. The van der Waals surface area contributed by atoms with Crippen molar-refractivity contribution in [1.29, 1.82) is 0 Å². The zero-order chi connectivity index (χ0) is 16.5. The summed E-state index contributed by atoms with van der Waals surface area (Å²) in [7, 11) is 3.46. The normalized spacial score (nSPS) is 10.7. The highest BCUT2D eigenvalue weighted by atomic mass is 127. The van der Waals surface area contributed by atoms with Crippen LogP contribution >= 0.6 is 24.0 Å². The Hall–Kier alpha value is -1.83. The summed E-state index contributed by atoms with van der Waals surface area (Å²) < 4.78 is 5.28. The molecular formula is C18H25IN4O. The molecule has 24 heavy (non-hydrogen) atoms. The van der Waals surface area contributed by atoms with Gasteiger partial charge in [0.15, 0.2) is 5.96 Å². The predicted molar refractivity (Wildman–Crippen MR) is 109 cm³/mol. The third kappa shape index (κ3) is 6.35. The molecule has 0 aliphatic carbocycles. The van der Waals surface area contributed by atoms with E-state index >= 15 is 0 Å². The van der Waals surface area contributed by atoms with Crippen molar-refractivity contribution in [3.05, 3.63) is 59.4 Å². The molecular weight excluding hydrogens is 415 g/mol. The molecule has 1 aromatic carbocycles. The van der Waals surface area contributed by atoms with Crippen LogP contribution in [0.2, 0.25) is 0 Å². The quantitative estimate of drug-likeness (QED) is 0.412. The molecule has 2 aromatic rings. The minimum atomic E-state index is 0. The van der Waals surface area contributed by atoms with Crippen molar-refractivity contribution in [3.63, 3.8) is 0 Å². The van der Waals surface area contributed by atoms with Crippen LogP contribution in [0.5, 0.6) is 5.75 Å². The number of aromatic nitrogens is 1. The molecule has 2 N–H and O–H groups in total. The Balaban J connectivity index is 0.00000288. The average Bonchev–Trinajstić information content (AvgIpc) is 2.59. The maximum absolute atomic E-state index is 5.28. The summed E-state index contributed by atoms with van der Waals surface area (Å²) in [5, 5.41) is 6.61.